The average molecular weight is 304 g/mol. The predicted molar refractivity (Wildman–Crippen MR) is 86.1 cm³/mol. The Kier molecular flexibility index (Phi) is 4.66. The molecule has 2 aromatic carbocycles. The third-order valence-corrected chi connectivity index (χ3v) is 4.04. The maximum atomic E-state index is 13.3. The molecule has 0 spiro atoms. The largest absolute Gasteiger partial charge is 0.387 e. The molecular formula is C19H22F2O. The van der Waals surface area contributed by atoms with E-state index >= 15 is 0 Å². The number of aliphatic hydroxyl groups excluding tert-OH is 1. The normalized spacial score (nSPS) is 13.9. The van der Waals surface area contributed by atoms with Gasteiger partial charge < -0.3 is 5.11 Å². The first-order chi connectivity index (χ1) is 10.2. The van der Waals surface area contributed by atoms with E-state index in [1.54, 1.807) is 0 Å². The van der Waals surface area contributed by atoms with Crippen molar-refractivity contribution in [3.8, 4) is 11.1 Å². The van der Waals surface area contributed by atoms with Crippen LogP contribution in [-0.2, 0) is 5.41 Å². The third kappa shape index (κ3) is 3.92. The van der Waals surface area contributed by atoms with Crippen LogP contribution in [0.5, 0.6) is 0 Å². The summed E-state index contributed by atoms with van der Waals surface area (Å²) in [7, 11) is 0. The summed E-state index contributed by atoms with van der Waals surface area (Å²) >= 11 is 0. The molecule has 1 nitrogen and oxygen atoms in total. The molecule has 0 amide bonds. The smallest absolute Gasteiger partial charge is 0.270 e. The number of rotatable bonds is 5. The molecule has 22 heavy (non-hydrogen) atoms. The van der Waals surface area contributed by atoms with Crippen LogP contribution in [0.25, 0.3) is 11.1 Å². The predicted octanol–water partition coefficient (Wildman–Crippen LogP) is 5.04. The molecule has 1 unspecified atom stereocenters. The summed E-state index contributed by atoms with van der Waals surface area (Å²) in [6.45, 7) is 4.52. The van der Waals surface area contributed by atoms with Crippen molar-refractivity contribution in [2.45, 2.75) is 44.6 Å². The highest BCUT2D eigenvalue weighted by atomic mass is 19.3. The summed E-state index contributed by atoms with van der Waals surface area (Å²) in [5.41, 5.74) is 2.53. The molecule has 118 valence electrons. The van der Waals surface area contributed by atoms with Gasteiger partial charge in [0.25, 0.3) is 5.92 Å². The van der Waals surface area contributed by atoms with E-state index in [-0.39, 0.29) is 6.42 Å². The standard InChI is InChI=1S/C19H22F2O/c1-18(2,13-17(22)19(3,20)21)16-11-7-10-15(12-16)14-8-5-4-6-9-14/h4-12,17,22H,13H2,1-3H3. The van der Waals surface area contributed by atoms with Crippen molar-refractivity contribution in [2.75, 3.05) is 0 Å². The van der Waals surface area contributed by atoms with E-state index in [2.05, 4.69) is 0 Å². The topological polar surface area (TPSA) is 20.2 Å². The fraction of sp³-hybridized carbons (Fsp3) is 0.368. The van der Waals surface area contributed by atoms with Crippen LogP contribution < -0.4 is 0 Å². The Balaban J connectivity index is 2.29. The van der Waals surface area contributed by atoms with Gasteiger partial charge >= 0.3 is 0 Å². The van der Waals surface area contributed by atoms with E-state index in [9.17, 15) is 13.9 Å². The summed E-state index contributed by atoms with van der Waals surface area (Å²) in [4.78, 5) is 0. The Bertz CT molecular complexity index is 615. The molecule has 0 radical (unpaired) electrons. The van der Waals surface area contributed by atoms with Crippen LogP contribution in [0.15, 0.2) is 54.6 Å². The number of alkyl halides is 2. The Morgan fingerprint density at radius 3 is 2.09 bits per heavy atom. The molecule has 0 saturated carbocycles. The summed E-state index contributed by atoms with van der Waals surface area (Å²) in [6, 6.07) is 17.8. The van der Waals surface area contributed by atoms with E-state index in [1.165, 1.54) is 0 Å². The Morgan fingerprint density at radius 2 is 1.50 bits per heavy atom. The lowest BCUT2D eigenvalue weighted by Crippen LogP contribution is -2.36. The molecule has 0 aliphatic heterocycles. The molecule has 0 fully saturated rings. The van der Waals surface area contributed by atoms with Crippen molar-refractivity contribution >= 4 is 0 Å². The first-order valence-corrected chi connectivity index (χ1v) is 7.42. The Hall–Kier alpha value is -1.74. The molecule has 0 aliphatic rings. The third-order valence-electron chi connectivity index (χ3n) is 4.04. The van der Waals surface area contributed by atoms with Crippen molar-refractivity contribution < 1.29 is 13.9 Å². The monoisotopic (exact) mass is 304 g/mol. The lowest BCUT2D eigenvalue weighted by molar-refractivity contribution is -0.102. The molecular weight excluding hydrogens is 282 g/mol. The van der Waals surface area contributed by atoms with Crippen molar-refractivity contribution in [3.63, 3.8) is 0 Å². The quantitative estimate of drug-likeness (QED) is 0.820. The number of hydrogen-bond donors (Lipinski definition) is 1. The summed E-state index contributed by atoms with van der Waals surface area (Å²) in [6.07, 6.45) is -1.64. The highest BCUT2D eigenvalue weighted by Gasteiger charge is 2.37. The van der Waals surface area contributed by atoms with Crippen molar-refractivity contribution in [1.82, 2.24) is 0 Å². The van der Waals surface area contributed by atoms with Crippen LogP contribution in [0.3, 0.4) is 0 Å². The van der Waals surface area contributed by atoms with Gasteiger partial charge in [-0.05, 0) is 28.5 Å². The number of halogens is 2. The second kappa shape index (κ2) is 6.17. The zero-order valence-corrected chi connectivity index (χ0v) is 13.2. The highest BCUT2D eigenvalue weighted by molar-refractivity contribution is 5.64. The maximum Gasteiger partial charge on any atom is 0.270 e. The van der Waals surface area contributed by atoms with Crippen LogP contribution >= 0.6 is 0 Å². The molecule has 0 heterocycles. The maximum absolute atomic E-state index is 13.3. The molecule has 1 atom stereocenters. The number of benzene rings is 2. The lowest BCUT2D eigenvalue weighted by atomic mass is 9.78. The first-order valence-electron chi connectivity index (χ1n) is 7.42. The summed E-state index contributed by atoms with van der Waals surface area (Å²) < 4.78 is 26.5. The van der Waals surface area contributed by atoms with E-state index in [0.29, 0.717) is 0 Å². The van der Waals surface area contributed by atoms with Crippen LogP contribution in [0.1, 0.15) is 32.8 Å². The second-order valence-corrected chi connectivity index (χ2v) is 6.51. The molecule has 2 aromatic rings. The van der Waals surface area contributed by atoms with Crippen LogP contribution in [-0.4, -0.2) is 17.1 Å². The first kappa shape index (κ1) is 16.6. The van der Waals surface area contributed by atoms with Gasteiger partial charge in [0.05, 0.1) is 0 Å². The van der Waals surface area contributed by atoms with Gasteiger partial charge in [0.2, 0.25) is 0 Å². The minimum atomic E-state index is -3.09. The van der Waals surface area contributed by atoms with Crippen molar-refractivity contribution in [2.24, 2.45) is 0 Å². The Labute approximate surface area is 130 Å². The van der Waals surface area contributed by atoms with E-state index in [4.69, 9.17) is 0 Å². The van der Waals surface area contributed by atoms with Crippen LogP contribution in [0.2, 0.25) is 0 Å². The molecule has 0 saturated heterocycles. The van der Waals surface area contributed by atoms with Gasteiger partial charge in [0, 0.05) is 6.92 Å². The van der Waals surface area contributed by atoms with Crippen LogP contribution in [0.4, 0.5) is 8.78 Å². The molecule has 0 aliphatic carbocycles. The van der Waals surface area contributed by atoms with E-state index < -0.39 is 17.4 Å². The van der Waals surface area contributed by atoms with Gasteiger partial charge in [-0.15, -0.1) is 0 Å². The second-order valence-electron chi connectivity index (χ2n) is 6.51. The summed E-state index contributed by atoms with van der Waals surface area (Å²) in [5.74, 6) is -3.09. The molecule has 2 rings (SSSR count). The molecule has 1 N–H and O–H groups in total. The SMILES string of the molecule is CC(C)(CC(O)C(C)(F)F)c1cccc(-c2ccccc2)c1. The van der Waals surface area contributed by atoms with Crippen molar-refractivity contribution in [1.29, 1.82) is 0 Å². The number of aliphatic hydroxyl groups is 1. The van der Waals surface area contributed by atoms with Gasteiger partial charge in [-0.2, -0.15) is 0 Å². The highest BCUT2D eigenvalue weighted by Crippen LogP contribution is 2.34. The minimum absolute atomic E-state index is 0.00867. The van der Waals surface area contributed by atoms with E-state index in [1.807, 2.05) is 68.4 Å². The lowest BCUT2D eigenvalue weighted by Gasteiger charge is -2.30. The van der Waals surface area contributed by atoms with Gasteiger partial charge in [0.1, 0.15) is 6.10 Å². The van der Waals surface area contributed by atoms with Gasteiger partial charge in [-0.1, -0.05) is 68.4 Å². The summed E-state index contributed by atoms with van der Waals surface area (Å²) in [5, 5.41) is 9.72. The fourth-order valence-electron chi connectivity index (χ4n) is 2.53. The number of hydrogen-bond acceptors (Lipinski definition) is 1. The van der Waals surface area contributed by atoms with Gasteiger partial charge in [-0.25, -0.2) is 8.78 Å². The molecule has 0 aromatic heterocycles. The molecule has 0 bridgehead atoms. The zero-order chi connectivity index (χ0) is 16.4. The average Bonchev–Trinajstić information content (AvgIpc) is 2.47. The van der Waals surface area contributed by atoms with Crippen LogP contribution in [0, 0.1) is 0 Å². The van der Waals surface area contributed by atoms with Crippen molar-refractivity contribution in [3.05, 3.63) is 60.2 Å². The fourth-order valence-corrected chi connectivity index (χ4v) is 2.53. The van der Waals surface area contributed by atoms with Gasteiger partial charge in [0.15, 0.2) is 0 Å². The molecule has 3 heteroatoms. The van der Waals surface area contributed by atoms with E-state index in [0.717, 1.165) is 23.6 Å². The zero-order valence-electron chi connectivity index (χ0n) is 13.2. The Morgan fingerprint density at radius 1 is 0.909 bits per heavy atom. The van der Waals surface area contributed by atoms with Gasteiger partial charge in [-0.3, -0.25) is 0 Å². The minimum Gasteiger partial charge on any atom is -0.387 e.